The van der Waals surface area contributed by atoms with Crippen molar-refractivity contribution in [3.8, 4) is 0 Å². The van der Waals surface area contributed by atoms with E-state index in [0.29, 0.717) is 0 Å². The van der Waals surface area contributed by atoms with E-state index in [9.17, 15) is 4.79 Å². The highest BCUT2D eigenvalue weighted by Gasteiger charge is 2.23. The van der Waals surface area contributed by atoms with Crippen LogP contribution in [0.3, 0.4) is 0 Å². The van der Waals surface area contributed by atoms with Gasteiger partial charge in [0.1, 0.15) is 5.82 Å². The minimum absolute atomic E-state index is 0.0448. The predicted molar refractivity (Wildman–Crippen MR) is 82.3 cm³/mol. The summed E-state index contributed by atoms with van der Waals surface area (Å²) < 4.78 is 3.61. The molecule has 1 unspecified atom stereocenters. The summed E-state index contributed by atoms with van der Waals surface area (Å²) in [5, 5.41) is 11.6. The van der Waals surface area contributed by atoms with Crippen LogP contribution in [0.25, 0.3) is 0 Å². The third kappa shape index (κ3) is 2.84. The smallest absolute Gasteiger partial charge is 0.232 e. The first-order chi connectivity index (χ1) is 9.82. The van der Waals surface area contributed by atoms with E-state index < -0.39 is 0 Å². The van der Waals surface area contributed by atoms with Gasteiger partial charge in [0.2, 0.25) is 5.91 Å². The zero-order valence-corrected chi connectivity index (χ0v) is 13.5. The molecule has 0 saturated carbocycles. The van der Waals surface area contributed by atoms with Crippen LogP contribution in [0.15, 0.2) is 12.3 Å². The number of amides is 1. The Morgan fingerprint density at radius 1 is 1.29 bits per heavy atom. The van der Waals surface area contributed by atoms with Gasteiger partial charge in [-0.1, -0.05) is 0 Å². The maximum atomic E-state index is 12.5. The molecule has 21 heavy (non-hydrogen) atoms. The molecule has 0 radical (unpaired) electrons. The van der Waals surface area contributed by atoms with Crippen molar-refractivity contribution in [3.63, 3.8) is 0 Å². The van der Waals surface area contributed by atoms with E-state index in [1.165, 1.54) is 0 Å². The van der Waals surface area contributed by atoms with Crippen LogP contribution >= 0.6 is 0 Å². The summed E-state index contributed by atoms with van der Waals surface area (Å²) in [7, 11) is 1.89. The molecule has 1 amide bonds. The van der Waals surface area contributed by atoms with Gasteiger partial charge in [0.25, 0.3) is 0 Å². The molecule has 0 bridgehead atoms. The van der Waals surface area contributed by atoms with E-state index in [4.69, 9.17) is 0 Å². The molecule has 0 aliphatic carbocycles. The number of aryl methyl sites for hydroxylation is 2. The van der Waals surface area contributed by atoms with E-state index in [2.05, 4.69) is 15.5 Å². The van der Waals surface area contributed by atoms with Crippen LogP contribution in [0, 0.1) is 13.8 Å². The van der Waals surface area contributed by atoms with Crippen LogP contribution in [-0.2, 0) is 11.8 Å². The summed E-state index contributed by atoms with van der Waals surface area (Å²) in [4.78, 5) is 12.5. The van der Waals surface area contributed by atoms with Gasteiger partial charge in [0.15, 0.2) is 0 Å². The van der Waals surface area contributed by atoms with Crippen molar-refractivity contribution in [2.24, 2.45) is 7.05 Å². The number of hydrogen-bond acceptors (Lipinski definition) is 3. The molecule has 2 heterocycles. The van der Waals surface area contributed by atoms with Gasteiger partial charge in [-0.15, -0.1) is 0 Å². The van der Waals surface area contributed by atoms with Crippen LogP contribution in [0.2, 0.25) is 0 Å². The van der Waals surface area contributed by atoms with Crippen molar-refractivity contribution in [2.45, 2.75) is 46.6 Å². The molecule has 114 valence electrons. The first-order valence-electron chi connectivity index (χ1n) is 7.17. The highest BCUT2D eigenvalue weighted by molar-refractivity contribution is 5.95. The van der Waals surface area contributed by atoms with Gasteiger partial charge in [-0.05, 0) is 34.6 Å². The maximum absolute atomic E-state index is 12.5. The molecule has 2 aromatic rings. The molecule has 0 aliphatic rings. The van der Waals surface area contributed by atoms with E-state index in [0.717, 1.165) is 22.8 Å². The Hall–Kier alpha value is -2.11. The Morgan fingerprint density at radius 3 is 2.48 bits per heavy atom. The maximum Gasteiger partial charge on any atom is 0.232 e. The number of carbonyl (C=O) groups excluding carboxylic acids is 1. The van der Waals surface area contributed by atoms with E-state index >= 15 is 0 Å². The van der Waals surface area contributed by atoms with Crippen LogP contribution in [0.4, 0.5) is 5.82 Å². The lowest BCUT2D eigenvalue weighted by Gasteiger charge is -2.15. The first-order valence-corrected chi connectivity index (χ1v) is 7.17. The van der Waals surface area contributed by atoms with Crippen LogP contribution < -0.4 is 5.32 Å². The number of aromatic nitrogens is 4. The number of carbonyl (C=O) groups is 1. The van der Waals surface area contributed by atoms with Crippen molar-refractivity contribution in [3.05, 3.63) is 29.2 Å². The average Bonchev–Trinajstić information content (AvgIpc) is 2.95. The van der Waals surface area contributed by atoms with Gasteiger partial charge in [-0.2, -0.15) is 10.2 Å². The minimum atomic E-state index is -0.255. The molecule has 0 aliphatic heterocycles. The second kappa shape index (κ2) is 5.71. The standard InChI is InChI=1S/C15H23N5O/c1-9(2)20-13(7-8-16-20)17-15(21)10(3)14-11(4)18-19(6)12(14)5/h7-10H,1-6H3,(H,17,21). The Balaban J connectivity index is 2.22. The average molecular weight is 289 g/mol. The number of hydrogen-bond donors (Lipinski definition) is 1. The predicted octanol–water partition coefficient (Wildman–Crippen LogP) is 2.56. The number of nitrogens with one attached hydrogen (secondary N) is 1. The lowest BCUT2D eigenvalue weighted by atomic mass is 9.98. The molecule has 0 aromatic carbocycles. The monoisotopic (exact) mass is 289 g/mol. The fraction of sp³-hybridized carbons (Fsp3) is 0.533. The molecule has 0 saturated heterocycles. The Labute approximate surface area is 125 Å². The van der Waals surface area contributed by atoms with Crippen molar-refractivity contribution in [2.75, 3.05) is 5.32 Å². The van der Waals surface area contributed by atoms with Gasteiger partial charge < -0.3 is 5.32 Å². The van der Waals surface area contributed by atoms with Gasteiger partial charge in [-0.25, -0.2) is 4.68 Å². The first kappa shape index (κ1) is 15.3. The quantitative estimate of drug-likeness (QED) is 0.940. The molecule has 6 nitrogen and oxygen atoms in total. The van der Waals surface area contributed by atoms with E-state index in [1.54, 1.807) is 10.9 Å². The van der Waals surface area contributed by atoms with Crippen molar-refractivity contribution in [1.29, 1.82) is 0 Å². The van der Waals surface area contributed by atoms with Crippen molar-refractivity contribution in [1.82, 2.24) is 19.6 Å². The molecule has 6 heteroatoms. The topological polar surface area (TPSA) is 64.7 Å². The summed E-state index contributed by atoms with van der Waals surface area (Å²) >= 11 is 0. The normalized spacial score (nSPS) is 12.7. The number of anilines is 1. The van der Waals surface area contributed by atoms with E-state index in [1.807, 2.05) is 52.4 Å². The summed E-state index contributed by atoms with van der Waals surface area (Å²) in [6.45, 7) is 9.88. The van der Waals surface area contributed by atoms with Gasteiger partial charge in [-0.3, -0.25) is 9.48 Å². The molecule has 1 atom stereocenters. The van der Waals surface area contributed by atoms with Gasteiger partial charge >= 0.3 is 0 Å². The Kier molecular flexibility index (Phi) is 4.16. The fourth-order valence-electron chi connectivity index (χ4n) is 2.61. The number of rotatable bonds is 4. The minimum Gasteiger partial charge on any atom is -0.310 e. The second-order valence-electron chi connectivity index (χ2n) is 5.67. The number of nitrogens with zero attached hydrogens (tertiary/aromatic N) is 4. The third-order valence-corrected chi connectivity index (χ3v) is 3.80. The SMILES string of the molecule is Cc1nn(C)c(C)c1C(C)C(=O)Nc1ccnn1C(C)C. The largest absolute Gasteiger partial charge is 0.310 e. The van der Waals surface area contributed by atoms with Crippen LogP contribution in [-0.4, -0.2) is 25.5 Å². The summed E-state index contributed by atoms with van der Waals surface area (Å²) in [5.41, 5.74) is 2.91. The molecule has 0 fully saturated rings. The van der Waals surface area contributed by atoms with Crippen LogP contribution in [0.1, 0.15) is 49.7 Å². The fourth-order valence-corrected chi connectivity index (χ4v) is 2.61. The Morgan fingerprint density at radius 2 is 1.95 bits per heavy atom. The Bertz CT molecular complexity index is 653. The van der Waals surface area contributed by atoms with Gasteiger partial charge in [0.05, 0.1) is 17.8 Å². The molecular weight excluding hydrogens is 266 g/mol. The molecular formula is C15H23N5O. The molecule has 2 aromatic heterocycles. The lowest BCUT2D eigenvalue weighted by molar-refractivity contribution is -0.117. The lowest BCUT2D eigenvalue weighted by Crippen LogP contribution is -2.22. The third-order valence-electron chi connectivity index (χ3n) is 3.80. The van der Waals surface area contributed by atoms with Gasteiger partial charge in [0, 0.05) is 30.4 Å². The van der Waals surface area contributed by atoms with E-state index in [-0.39, 0.29) is 17.9 Å². The summed E-state index contributed by atoms with van der Waals surface area (Å²) in [5.74, 6) is 0.423. The molecule has 0 spiro atoms. The summed E-state index contributed by atoms with van der Waals surface area (Å²) in [6, 6.07) is 2.01. The van der Waals surface area contributed by atoms with Crippen LogP contribution in [0.5, 0.6) is 0 Å². The molecule has 2 rings (SSSR count). The zero-order valence-electron chi connectivity index (χ0n) is 13.5. The zero-order chi connectivity index (χ0) is 15.7. The van der Waals surface area contributed by atoms with Crippen molar-refractivity contribution >= 4 is 11.7 Å². The second-order valence-corrected chi connectivity index (χ2v) is 5.67. The van der Waals surface area contributed by atoms with Crippen molar-refractivity contribution < 1.29 is 4.79 Å². The summed E-state index contributed by atoms with van der Waals surface area (Å²) in [6.07, 6.45) is 1.70. The highest BCUT2D eigenvalue weighted by atomic mass is 16.2. The molecule has 1 N–H and O–H groups in total. The highest BCUT2D eigenvalue weighted by Crippen LogP contribution is 2.24.